The fourth-order valence-electron chi connectivity index (χ4n) is 0.925. The zero-order chi connectivity index (χ0) is 11.6. The van der Waals surface area contributed by atoms with Crippen LogP contribution >= 0.6 is 11.3 Å². The van der Waals surface area contributed by atoms with Gasteiger partial charge in [-0.15, -0.1) is 11.3 Å². The molecule has 1 aromatic rings. The van der Waals surface area contributed by atoms with Gasteiger partial charge in [0.25, 0.3) is 0 Å². The molecule has 82 valence electrons. The third-order valence-electron chi connectivity index (χ3n) is 1.66. The van der Waals surface area contributed by atoms with Gasteiger partial charge in [-0.1, -0.05) is 0 Å². The standard InChI is InChI=1S/C7H8N2O5S/c8-6(12)4(11)3(10)5-2(7(13)14)9-1-15-5/h1,3-4,10-11H,(H2,8,12)(H,13,14). The van der Waals surface area contributed by atoms with E-state index in [1.165, 1.54) is 5.51 Å². The first kappa shape index (κ1) is 11.6. The van der Waals surface area contributed by atoms with Gasteiger partial charge < -0.3 is 21.1 Å². The minimum absolute atomic E-state index is 0.103. The van der Waals surface area contributed by atoms with Crippen molar-refractivity contribution >= 4 is 23.2 Å². The highest BCUT2D eigenvalue weighted by atomic mass is 32.1. The first-order valence-corrected chi connectivity index (χ1v) is 4.65. The maximum atomic E-state index is 10.6. The number of amides is 1. The number of carbonyl (C=O) groups excluding carboxylic acids is 1. The molecule has 0 saturated heterocycles. The van der Waals surface area contributed by atoms with E-state index in [1.54, 1.807) is 0 Å². The average Bonchev–Trinajstić information content (AvgIpc) is 2.63. The second-order valence-electron chi connectivity index (χ2n) is 2.66. The summed E-state index contributed by atoms with van der Waals surface area (Å²) >= 11 is 0.822. The summed E-state index contributed by atoms with van der Waals surface area (Å²) in [4.78, 5) is 24.6. The molecule has 0 spiro atoms. The number of hydrogen-bond acceptors (Lipinski definition) is 6. The van der Waals surface area contributed by atoms with Crippen molar-refractivity contribution in [1.29, 1.82) is 0 Å². The lowest BCUT2D eigenvalue weighted by Gasteiger charge is -2.13. The number of nitrogens with zero attached hydrogens (tertiary/aromatic N) is 1. The molecule has 0 aliphatic carbocycles. The van der Waals surface area contributed by atoms with Gasteiger partial charge in [0.05, 0.1) is 10.4 Å². The van der Waals surface area contributed by atoms with Crippen molar-refractivity contribution in [2.24, 2.45) is 5.73 Å². The predicted molar refractivity (Wildman–Crippen MR) is 49.2 cm³/mol. The average molecular weight is 232 g/mol. The molecule has 1 aromatic heterocycles. The van der Waals surface area contributed by atoms with Gasteiger partial charge in [-0.05, 0) is 0 Å². The maximum Gasteiger partial charge on any atom is 0.355 e. The number of aliphatic hydroxyl groups is 2. The molecule has 1 rings (SSSR count). The van der Waals surface area contributed by atoms with Crippen LogP contribution in [0.25, 0.3) is 0 Å². The number of carboxylic acid groups (broad SMARTS) is 1. The Kier molecular flexibility index (Phi) is 3.35. The summed E-state index contributed by atoms with van der Waals surface area (Å²) in [5.74, 6) is -2.48. The predicted octanol–water partition coefficient (Wildman–Crippen LogP) is -1.28. The van der Waals surface area contributed by atoms with E-state index in [0.29, 0.717) is 0 Å². The van der Waals surface area contributed by atoms with Crippen molar-refractivity contribution in [3.63, 3.8) is 0 Å². The number of thiazole rings is 1. The number of carboxylic acids is 1. The molecule has 0 aliphatic heterocycles. The van der Waals surface area contributed by atoms with Crippen LogP contribution in [0.1, 0.15) is 21.5 Å². The molecule has 15 heavy (non-hydrogen) atoms. The number of hydrogen-bond donors (Lipinski definition) is 4. The fourth-order valence-corrected chi connectivity index (χ4v) is 1.72. The summed E-state index contributed by atoms with van der Waals surface area (Å²) in [6.07, 6.45) is -3.51. The summed E-state index contributed by atoms with van der Waals surface area (Å²) in [6, 6.07) is 0. The molecule has 5 N–H and O–H groups in total. The molecule has 0 aliphatic rings. The molecule has 0 bridgehead atoms. The van der Waals surface area contributed by atoms with E-state index in [1.807, 2.05) is 0 Å². The molecule has 0 fully saturated rings. The zero-order valence-electron chi connectivity index (χ0n) is 7.32. The third kappa shape index (κ3) is 2.29. The van der Waals surface area contributed by atoms with Gasteiger partial charge in [0.2, 0.25) is 5.91 Å². The zero-order valence-corrected chi connectivity index (χ0v) is 8.14. The van der Waals surface area contributed by atoms with Gasteiger partial charge in [-0.2, -0.15) is 0 Å². The van der Waals surface area contributed by atoms with E-state index in [-0.39, 0.29) is 4.88 Å². The molecular weight excluding hydrogens is 224 g/mol. The largest absolute Gasteiger partial charge is 0.476 e. The lowest BCUT2D eigenvalue weighted by Crippen LogP contribution is -2.34. The minimum atomic E-state index is -1.84. The normalized spacial score (nSPS) is 14.5. The quantitative estimate of drug-likeness (QED) is 0.511. The maximum absolute atomic E-state index is 10.6. The van der Waals surface area contributed by atoms with E-state index < -0.39 is 29.8 Å². The molecular formula is C7H8N2O5S. The van der Waals surface area contributed by atoms with Gasteiger partial charge in [-0.3, -0.25) is 4.79 Å². The highest BCUT2D eigenvalue weighted by Crippen LogP contribution is 2.24. The molecule has 1 amide bonds. The number of carbonyl (C=O) groups is 2. The molecule has 2 unspecified atom stereocenters. The van der Waals surface area contributed by atoms with Crippen molar-refractivity contribution < 1.29 is 24.9 Å². The highest BCUT2D eigenvalue weighted by Gasteiger charge is 2.29. The summed E-state index contributed by atoms with van der Waals surface area (Å²) in [5.41, 5.74) is 5.55. The Morgan fingerprint density at radius 2 is 2.07 bits per heavy atom. The van der Waals surface area contributed by atoms with Crippen molar-refractivity contribution in [2.75, 3.05) is 0 Å². The summed E-state index contributed by atoms with van der Waals surface area (Å²) in [7, 11) is 0. The number of rotatable bonds is 4. The summed E-state index contributed by atoms with van der Waals surface area (Å²) < 4.78 is 0. The van der Waals surface area contributed by atoms with Crippen LogP contribution in [0.5, 0.6) is 0 Å². The van der Waals surface area contributed by atoms with Crippen LogP contribution in [0.2, 0.25) is 0 Å². The van der Waals surface area contributed by atoms with Gasteiger partial charge in [-0.25, -0.2) is 9.78 Å². The Bertz CT molecular complexity index is 390. The molecule has 0 aromatic carbocycles. The Balaban J connectivity index is 3.00. The Labute approximate surface area is 87.8 Å². The van der Waals surface area contributed by atoms with E-state index in [0.717, 1.165) is 11.3 Å². The van der Waals surface area contributed by atoms with Crippen LogP contribution in [-0.4, -0.2) is 38.3 Å². The summed E-state index contributed by atoms with van der Waals surface area (Å²) in [5, 5.41) is 27.2. The van der Waals surface area contributed by atoms with Crippen LogP contribution in [0.4, 0.5) is 0 Å². The van der Waals surface area contributed by atoms with Gasteiger partial charge in [0.1, 0.15) is 6.10 Å². The Hall–Kier alpha value is -1.51. The molecule has 2 atom stereocenters. The molecule has 0 radical (unpaired) electrons. The minimum Gasteiger partial charge on any atom is -0.476 e. The first-order chi connectivity index (χ1) is 6.95. The van der Waals surface area contributed by atoms with E-state index in [4.69, 9.17) is 15.9 Å². The Morgan fingerprint density at radius 1 is 1.47 bits per heavy atom. The molecule has 8 heteroatoms. The number of aromatic nitrogens is 1. The van der Waals surface area contributed by atoms with Crippen LogP contribution < -0.4 is 5.73 Å². The van der Waals surface area contributed by atoms with Crippen LogP contribution in [-0.2, 0) is 4.79 Å². The SMILES string of the molecule is NC(=O)C(O)C(O)c1scnc1C(=O)O. The second-order valence-corrected chi connectivity index (χ2v) is 3.55. The summed E-state index contributed by atoms with van der Waals surface area (Å²) in [6.45, 7) is 0. The van der Waals surface area contributed by atoms with Crippen LogP contribution in [0.15, 0.2) is 5.51 Å². The van der Waals surface area contributed by atoms with Gasteiger partial charge >= 0.3 is 5.97 Å². The van der Waals surface area contributed by atoms with Crippen molar-refractivity contribution in [1.82, 2.24) is 4.98 Å². The number of primary amides is 1. The highest BCUT2D eigenvalue weighted by molar-refractivity contribution is 7.10. The number of aromatic carboxylic acids is 1. The lowest BCUT2D eigenvalue weighted by atomic mass is 10.1. The third-order valence-corrected chi connectivity index (χ3v) is 2.56. The Morgan fingerprint density at radius 3 is 2.53 bits per heavy atom. The van der Waals surface area contributed by atoms with Gasteiger partial charge in [0, 0.05) is 0 Å². The fraction of sp³-hybridized carbons (Fsp3) is 0.286. The topological polar surface area (TPSA) is 134 Å². The van der Waals surface area contributed by atoms with E-state index >= 15 is 0 Å². The van der Waals surface area contributed by atoms with Crippen molar-refractivity contribution in [3.05, 3.63) is 16.1 Å². The van der Waals surface area contributed by atoms with Crippen LogP contribution in [0, 0.1) is 0 Å². The lowest BCUT2D eigenvalue weighted by molar-refractivity contribution is -0.131. The van der Waals surface area contributed by atoms with Crippen molar-refractivity contribution in [2.45, 2.75) is 12.2 Å². The second kappa shape index (κ2) is 4.34. The monoisotopic (exact) mass is 232 g/mol. The van der Waals surface area contributed by atoms with Gasteiger partial charge in [0.15, 0.2) is 11.8 Å². The van der Waals surface area contributed by atoms with E-state index in [2.05, 4.69) is 4.98 Å². The molecule has 7 nitrogen and oxygen atoms in total. The van der Waals surface area contributed by atoms with E-state index in [9.17, 15) is 14.7 Å². The molecule has 1 heterocycles. The van der Waals surface area contributed by atoms with Crippen LogP contribution in [0.3, 0.4) is 0 Å². The van der Waals surface area contributed by atoms with Crippen molar-refractivity contribution in [3.8, 4) is 0 Å². The smallest absolute Gasteiger partial charge is 0.355 e. The number of nitrogens with two attached hydrogens (primary N) is 1. The number of aliphatic hydroxyl groups excluding tert-OH is 2. The first-order valence-electron chi connectivity index (χ1n) is 3.77. The molecule has 0 saturated carbocycles.